The number of aromatic nitrogens is 2. The van der Waals surface area contributed by atoms with Gasteiger partial charge in [0.15, 0.2) is 11.5 Å². The van der Waals surface area contributed by atoms with Gasteiger partial charge in [0, 0.05) is 24.6 Å². The van der Waals surface area contributed by atoms with E-state index in [2.05, 4.69) is 29.2 Å². The van der Waals surface area contributed by atoms with Crippen molar-refractivity contribution in [3.63, 3.8) is 0 Å². The minimum Gasteiger partial charge on any atom is -0.478 e. The SMILES string of the molecule is C#C/C=C1/OC(C)O/C1=C(/C)C1CCN(Cc2nc3ccc(C(=O)O)cc3n2C(C)C2CCO2)CC1.Fc1cccc(Cl)c1. The van der Waals surface area contributed by atoms with E-state index in [9.17, 15) is 14.3 Å². The lowest BCUT2D eigenvalue weighted by atomic mass is 9.89. The summed E-state index contributed by atoms with van der Waals surface area (Å²) < 4.78 is 31.7. The first-order valence-corrected chi connectivity index (χ1v) is 15.2. The van der Waals surface area contributed by atoms with Crippen molar-refractivity contribution in [2.75, 3.05) is 19.7 Å². The molecule has 3 aliphatic rings. The van der Waals surface area contributed by atoms with Gasteiger partial charge in [-0.25, -0.2) is 14.2 Å². The molecule has 232 valence electrons. The maximum atomic E-state index is 12.1. The highest BCUT2D eigenvalue weighted by Gasteiger charge is 2.32. The number of piperidine rings is 1. The number of benzene rings is 2. The van der Waals surface area contributed by atoms with Gasteiger partial charge < -0.3 is 23.9 Å². The summed E-state index contributed by atoms with van der Waals surface area (Å²) in [7, 11) is 0. The standard InChI is InChI=1S/C28H33N3O5.C6H4ClF/c1-5-6-25-27(36-19(4)35-25)17(2)20-9-12-30(13-10-20)16-26-29-22-8-7-21(28(32)33)15-23(22)31(26)18(3)24-11-14-34-24;7-5-2-1-3-6(8)4-5/h1,6-8,15,18-20,24H,9-14,16H2,2-4H3,(H,32,33);1-4H/b25-6+,27-17-;. The molecule has 3 aromatic rings. The molecule has 2 aromatic carbocycles. The Labute approximate surface area is 262 Å². The number of imidazole rings is 1. The van der Waals surface area contributed by atoms with E-state index < -0.39 is 5.97 Å². The summed E-state index contributed by atoms with van der Waals surface area (Å²) in [6, 6.07) is 11.1. The van der Waals surface area contributed by atoms with Gasteiger partial charge in [0.25, 0.3) is 0 Å². The third-order valence-corrected chi connectivity index (χ3v) is 8.65. The van der Waals surface area contributed by atoms with Crippen molar-refractivity contribution in [3.8, 4) is 12.3 Å². The number of halogens is 2. The van der Waals surface area contributed by atoms with Crippen LogP contribution in [0.5, 0.6) is 0 Å². The fourth-order valence-corrected chi connectivity index (χ4v) is 6.13. The van der Waals surface area contributed by atoms with Crippen molar-refractivity contribution in [2.24, 2.45) is 5.92 Å². The Bertz CT molecular complexity index is 1600. The first-order chi connectivity index (χ1) is 21.1. The minimum atomic E-state index is -0.934. The van der Waals surface area contributed by atoms with Crippen LogP contribution in [0.4, 0.5) is 4.39 Å². The van der Waals surface area contributed by atoms with Gasteiger partial charge in [-0.3, -0.25) is 4.90 Å². The average molecular weight is 622 g/mol. The van der Waals surface area contributed by atoms with Crippen LogP contribution in [0.3, 0.4) is 0 Å². The molecule has 1 N–H and O–H groups in total. The highest BCUT2D eigenvalue weighted by molar-refractivity contribution is 6.30. The largest absolute Gasteiger partial charge is 0.478 e. The quantitative estimate of drug-likeness (QED) is 0.298. The fourth-order valence-electron chi connectivity index (χ4n) is 5.95. The van der Waals surface area contributed by atoms with Gasteiger partial charge in [0.2, 0.25) is 6.29 Å². The van der Waals surface area contributed by atoms with Crippen LogP contribution in [0.1, 0.15) is 62.3 Å². The second-order valence-electron chi connectivity index (χ2n) is 11.3. The zero-order valence-corrected chi connectivity index (χ0v) is 25.9. The number of carbonyl (C=O) groups is 1. The van der Waals surface area contributed by atoms with Crippen LogP contribution in [-0.2, 0) is 20.8 Å². The number of carboxylic acid groups (broad SMARTS) is 1. The number of allylic oxidation sites excluding steroid dienone is 2. The summed E-state index contributed by atoms with van der Waals surface area (Å²) in [5.74, 6) is 4.09. The van der Waals surface area contributed by atoms with Crippen molar-refractivity contribution in [3.05, 3.63) is 87.9 Å². The molecule has 0 amide bonds. The number of nitrogens with zero attached hydrogens (tertiary/aromatic N) is 3. The highest BCUT2D eigenvalue weighted by Crippen LogP contribution is 2.36. The number of rotatable bonds is 6. The van der Waals surface area contributed by atoms with Gasteiger partial charge in [-0.05, 0) is 94.1 Å². The van der Waals surface area contributed by atoms with E-state index in [-0.39, 0.29) is 29.8 Å². The number of hydrogen-bond donors (Lipinski definition) is 1. The normalized spacial score (nSPS) is 23.1. The summed E-state index contributed by atoms with van der Waals surface area (Å²) in [6.45, 7) is 9.45. The van der Waals surface area contributed by atoms with Crippen molar-refractivity contribution < 1.29 is 28.5 Å². The van der Waals surface area contributed by atoms with Gasteiger partial charge in [-0.1, -0.05) is 23.6 Å². The number of ether oxygens (including phenoxy) is 3. The number of carboxylic acids is 1. The Balaban J connectivity index is 0.000000418. The summed E-state index contributed by atoms with van der Waals surface area (Å²) in [6.07, 6.45) is 9.89. The van der Waals surface area contributed by atoms with Crippen LogP contribution in [-0.4, -0.2) is 57.6 Å². The molecule has 0 bridgehead atoms. The van der Waals surface area contributed by atoms with Crippen LogP contribution in [0.25, 0.3) is 11.0 Å². The van der Waals surface area contributed by atoms with E-state index in [0.717, 1.165) is 61.6 Å². The molecule has 6 rings (SSSR count). The van der Waals surface area contributed by atoms with E-state index in [1.807, 2.05) is 6.92 Å². The van der Waals surface area contributed by atoms with Gasteiger partial charge in [0.05, 0.1) is 35.3 Å². The zero-order valence-electron chi connectivity index (χ0n) is 25.1. The lowest BCUT2D eigenvalue weighted by Gasteiger charge is -2.35. The van der Waals surface area contributed by atoms with Crippen LogP contribution in [0.2, 0.25) is 5.02 Å². The van der Waals surface area contributed by atoms with E-state index in [0.29, 0.717) is 23.2 Å². The third kappa shape index (κ3) is 7.10. The van der Waals surface area contributed by atoms with Crippen molar-refractivity contribution in [2.45, 2.75) is 65.0 Å². The molecular formula is C34H37ClFN3O5. The Morgan fingerprint density at radius 2 is 1.98 bits per heavy atom. The molecule has 3 aliphatic heterocycles. The van der Waals surface area contributed by atoms with Crippen molar-refractivity contribution in [1.29, 1.82) is 0 Å². The lowest BCUT2D eigenvalue weighted by molar-refractivity contribution is -0.0762. The molecule has 0 radical (unpaired) electrons. The number of aromatic carboxylic acids is 1. The number of hydrogen-bond acceptors (Lipinski definition) is 6. The molecule has 0 aliphatic carbocycles. The molecular weight excluding hydrogens is 585 g/mol. The van der Waals surface area contributed by atoms with E-state index in [1.165, 1.54) is 17.7 Å². The van der Waals surface area contributed by atoms with Crippen LogP contribution in [0.15, 0.2) is 65.6 Å². The number of terminal acetylenes is 1. The third-order valence-electron chi connectivity index (χ3n) is 8.41. The first kappa shape index (κ1) is 31.6. The molecule has 1 aromatic heterocycles. The molecule has 3 unspecified atom stereocenters. The van der Waals surface area contributed by atoms with Crippen LogP contribution >= 0.6 is 11.6 Å². The van der Waals surface area contributed by atoms with Gasteiger partial charge >= 0.3 is 5.97 Å². The monoisotopic (exact) mass is 621 g/mol. The van der Waals surface area contributed by atoms with E-state index in [4.69, 9.17) is 37.2 Å². The Morgan fingerprint density at radius 3 is 2.57 bits per heavy atom. The highest BCUT2D eigenvalue weighted by atomic mass is 35.5. The summed E-state index contributed by atoms with van der Waals surface area (Å²) in [5, 5.41) is 9.96. The predicted octanol–water partition coefficient (Wildman–Crippen LogP) is 6.96. The molecule has 0 spiro atoms. The van der Waals surface area contributed by atoms with E-state index >= 15 is 0 Å². The Morgan fingerprint density at radius 1 is 1.23 bits per heavy atom. The summed E-state index contributed by atoms with van der Waals surface area (Å²) in [4.78, 5) is 19.0. The Hall–Kier alpha value is -3.84. The van der Waals surface area contributed by atoms with Crippen molar-refractivity contribution in [1.82, 2.24) is 14.5 Å². The molecule has 3 fully saturated rings. The lowest BCUT2D eigenvalue weighted by Crippen LogP contribution is -2.37. The maximum absolute atomic E-state index is 12.1. The zero-order chi connectivity index (χ0) is 31.4. The van der Waals surface area contributed by atoms with Gasteiger partial charge in [-0.2, -0.15) is 0 Å². The minimum absolute atomic E-state index is 0.0789. The molecule has 0 saturated carbocycles. The van der Waals surface area contributed by atoms with Gasteiger partial charge in [-0.15, -0.1) is 6.42 Å². The average Bonchev–Trinajstić information content (AvgIpc) is 3.51. The fraction of sp³-hybridized carbons (Fsp3) is 0.412. The topological polar surface area (TPSA) is 86.0 Å². The van der Waals surface area contributed by atoms with Gasteiger partial charge in [0.1, 0.15) is 11.6 Å². The van der Waals surface area contributed by atoms with Crippen molar-refractivity contribution >= 4 is 28.6 Å². The van der Waals surface area contributed by atoms with Crippen LogP contribution < -0.4 is 0 Å². The number of likely N-dealkylation sites (tertiary alicyclic amines) is 1. The Kier molecular flexibility index (Phi) is 9.94. The first-order valence-electron chi connectivity index (χ1n) is 14.8. The molecule has 10 heteroatoms. The summed E-state index contributed by atoms with van der Waals surface area (Å²) in [5.41, 5.74) is 3.12. The van der Waals surface area contributed by atoms with Crippen LogP contribution in [0, 0.1) is 24.1 Å². The second kappa shape index (κ2) is 13.9. The number of fused-ring (bicyclic) bond motifs is 1. The molecule has 3 atom stereocenters. The second-order valence-corrected chi connectivity index (χ2v) is 11.8. The molecule has 44 heavy (non-hydrogen) atoms. The van der Waals surface area contributed by atoms with E-state index in [1.54, 1.807) is 36.4 Å². The summed E-state index contributed by atoms with van der Waals surface area (Å²) >= 11 is 5.40. The molecule has 4 heterocycles. The smallest absolute Gasteiger partial charge is 0.335 e. The molecule has 3 saturated heterocycles. The predicted molar refractivity (Wildman–Crippen MR) is 166 cm³/mol. The molecule has 8 nitrogen and oxygen atoms in total. The maximum Gasteiger partial charge on any atom is 0.335 e.